The van der Waals surface area contributed by atoms with Crippen molar-refractivity contribution in [2.75, 3.05) is 0 Å². The SMILES string of the molecule is CCn1ncc(C(=O)O)c1C1C2CC3CC(C2)CC1C3. The smallest absolute Gasteiger partial charge is 0.339 e. The first-order chi connectivity index (χ1) is 9.67. The highest BCUT2D eigenvalue weighted by atomic mass is 16.4. The maximum absolute atomic E-state index is 11.5. The number of carbonyl (C=O) groups is 1. The van der Waals surface area contributed by atoms with Gasteiger partial charge in [0.1, 0.15) is 5.56 Å². The highest BCUT2D eigenvalue weighted by molar-refractivity contribution is 5.88. The lowest BCUT2D eigenvalue weighted by atomic mass is 9.51. The third-order valence-corrected chi connectivity index (χ3v) is 5.95. The third kappa shape index (κ3) is 1.66. The predicted octanol–water partition coefficient (Wildman–Crippen LogP) is 3.14. The summed E-state index contributed by atoms with van der Waals surface area (Å²) in [6.07, 6.45) is 8.24. The van der Waals surface area contributed by atoms with Crippen LogP contribution in [0.5, 0.6) is 0 Å². The number of hydrogen-bond acceptors (Lipinski definition) is 2. The molecule has 0 aliphatic heterocycles. The minimum Gasteiger partial charge on any atom is -0.478 e. The van der Waals surface area contributed by atoms with E-state index in [4.69, 9.17) is 0 Å². The maximum Gasteiger partial charge on any atom is 0.339 e. The number of aromatic carboxylic acids is 1. The lowest BCUT2D eigenvalue weighted by Crippen LogP contribution is -2.44. The average Bonchev–Trinajstić information content (AvgIpc) is 2.81. The number of hydrogen-bond donors (Lipinski definition) is 1. The molecule has 0 amide bonds. The number of aryl methyl sites for hydroxylation is 1. The average molecular weight is 274 g/mol. The Morgan fingerprint density at radius 3 is 2.35 bits per heavy atom. The molecule has 1 N–H and O–H groups in total. The first-order valence-corrected chi connectivity index (χ1v) is 7.96. The summed E-state index contributed by atoms with van der Waals surface area (Å²) >= 11 is 0. The van der Waals surface area contributed by atoms with Crippen molar-refractivity contribution in [2.24, 2.45) is 23.7 Å². The highest BCUT2D eigenvalue weighted by Crippen LogP contribution is 2.60. The van der Waals surface area contributed by atoms with E-state index >= 15 is 0 Å². The predicted molar refractivity (Wildman–Crippen MR) is 74.6 cm³/mol. The molecule has 1 aromatic rings. The molecule has 0 saturated heterocycles. The molecule has 4 bridgehead atoms. The largest absolute Gasteiger partial charge is 0.478 e. The van der Waals surface area contributed by atoms with E-state index in [1.807, 2.05) is 4.68 Å². The molecule has 1 aromatic heterocycles. The second-order valence-electron chi connectivity index (χ2n) is 7.02. The van der Waals surface area contributed by atoms with Crippen molar-refractivity contribution in [3.05, 3.63) is 17.5 Å². The van der Waals surface area contributed by atoms with Crippen LogP contribution in [0.4, 0.5) is 0 Å². The zero-order valence-electron chi connectivity index (χ0n) is 12.0. The molecule has 20 heavy (non-hydrogen) atoms. The monoisotopic (exact) mass is 274 g/mol. The topological polar surface area (TPSA) is 55.1 Å². The van der Waals surface area contributed by atoms with E-state index in [0.29, 0.717) is 23.3 Å². The molecule has 4 nitrogen and oxygen atoms in total. The van der Waals surface area contributed by atoms with Crippen molar-refractivity contribution >= 4 is 5.97 Å². The summed E-state index contributed by atoms with van der Waals surface area (Å²) in [6, 6.07) is 0. The Balaban J connectivity index is 1.77. The van der Waals surface area contributed by atoms with Gasteiger partial charge in [0.25, 0.3) is 0 Å². The van der Waals surface area contributed by atoms with Gasteiger partial charge < -0.3 is 5.11 Å². The van der Waals surface area contributed by atoms with Gasteiger partial charge in [0.2, 0.25) is 0 Å². The summed E-state index contributed by atoms with van der Waals surface area (Å²) in [7, 11) is 0. The number of rotatable bonds is 3. The Labute approximate surface area is 119 Å². The van der Waals surface area contributed by atoms with E-state index in [1.165, 1.54) is 32.1 Å². The fraction of sp³-hybridized carbons (Fsp3) is 0.750. The molecule has 1 heterocycles. The summed E-state index contributed by atoms with van der Waals surface area (Å²) < 4.78 is 1.94. The van der Waals surface area contributed by atoms with E-state index in [-0.39, 0.29) is 0 Å². The van der Waals surface area contributed by atoms with Gasteiger partial charge in [-0.1, -0.05) is 0 Å². The van der Waals surface area contributed by atoms with Crippen molar-refractivity contribution in [1.29, 1.82) is 0 Å². The highest BCUT2D eigenvalue weighted by Gasteiger charge is 2.50. The van der Waals surface area contributed by atoms with Crippen molar-refractivity contribution < 1.29 is 9.90 Å². The van der Waals surface area contributed by atoms with Gasteiger partial charge in [0, 0.05) is 12.5 Å². The second kappa shape index (κ2) is 4.34. The Morgan fingerprint density at radius 1 is 1.25 bits per heavy atom. The molecule has 108 valence electrons. The van der Waals surface area contributed by atoms with Crippen molar-refractivity contribution in [2.45, 2.75) is 51.5 Å². The van der Waals surface area contributed by atoms with Crippen LogP contribution in [0, 0.1) is 23.7 Å². The number of carboxylic acid groups (broad SMARTS) is 1. The molecular formula is C16H22N2O2. The molecule has 0 spiro atoms. The quantitative estimate of drug-likeness (QED) is 0.921. The molecule has 4 fully saturated rings. The lowest BCUT2D eigenvalue weighted by Gasteiger charge is -2.54. The van der Waals surface area contributed by atoms with E-state index < -0.39 is 5.97 Å². The molecule has 4 heteroatoms. The fourth-order valence-electron chi connectivity index (χ4n) is 5.53. The van der Waals surface area contributed by atoms with Crippen molar-refractivity contribution in [3.8, 4) is 0 Å². The van der Waals surface area contributed by atoms with E-state index in [9.17, 15) is 9.90 Å². The first-order valence-electron chi connectivity index (χ1n) is 7.96. The van der Waals surface area contributed by atoms with Crippen LogP contribution in [0.2, 0.25) is 0 Å². The van der Waals surface area contributed by atoms with Crippen LogP contribution < -0.4 is 0 Å². The van der Waals surface area contributed by atoms with E-state index in [0.717, 1.165) is 24.1 Å². The standard InChI is InChI=1S/C16H22N2O2/c1-2-18-15(13(8-17-18)16(19)20)14-11-4-9-3-10(6-11)7-12(14)5-9/h8-12,14H,2-7H2,1H3,(H,19,20). The van der Waals surface area contributed by atoms with Gasteiger partial charge in [0.15, 0.2) is 0 Å². The van der Waals surface area contributed by atoms with E-state index in [1.54, 1.807) is 6.20 Å². The maximum atomic E-state index is 11.5. The van der Waals surface area contributed by atoms with Crippen LogP contribution >= 0.6 is 0 Å². The normalized spacial score (nSPS) is 38.4. The molecular weight excluding hydrogens is 252 g/mol. The van der Waals surface area contributed by atoms with Crippen LogP contribution in [0.25, 0.3) is 0 Å². The first kappa shape index (κ1) is 12.4. The van der Waals surface area contributed by atoms with Gasteiger partial charge in [-0.15, -0.1) is 0 Å². The molecule has 0 aromatic carbocycles. The Hall–Kier alpha value is -1.32. The van der Waals surface area contributed by atoms with Crippen LogP contribution in [-0.4, -0.2) is 20.9 Å². The Bertz CT molecular complexity index is 521. The number of nitrogens with zero attached hydrogens (tertiary/aromatic N) is 2. The summed E-state index contributed by atoms with van der Waals surface area (Å²) in [4.78, 5) is 11.5. The fourth-order valence-corrected chi connectivity index (χ4v) is 5.53. The number of aromatic nitrogens is 2. The Morgan fingerprint density at radius 2 is 1.85 bits per heavy atom. The zero-order valence-corrected chi connectivity index (χ0v) is 12.0. The molecule has 4 aliphatic carbocycles. The molecule has 0 radical (unpaired) electrons. The van der Waals surface area contributed by atoms with E-state index in [2.05, 4.69) is 12.0 Å². The minimum absolute atomic E-state index is 0.441. The van der Waals surface area contributed by atoms with Crippen molar-refractivity contribution in [1.82, 2.24) is 9.78 Å². The minimum atomic E-state index is -0.812. The second-order valence-corrected chi connectivity index (χ2v) is 7.02. The van der Waals surface area contributed by atoms with Gasteiger partial charge >= 0.3 is 5.97 Å². The van der Waals surface area contributed by atoms with Gasteiger partial charge in [-0.3, -0.25) is 4.68 Å². The molecule has 5 rings (SSSR count). The summed E-state index contributed by atoms with van der Waals surface area (Å²) in [5.74, 6) is 2.86. The molecule has 0 atom stereocenters. The molecule has 0 unspecified atom stereocenters. The van der Waals surface area contributed by atoms with Gasteiger partial charge in [0.05, 0.1) is 11.9 Å². The molecule has 4 saturated carbocycles. The van der Waals surface area contributed by atoms with Crippen LogP contribution in [-0.2, 0) is 6.54 Å². The Kier molecular flexibility index (Phi) is 2.69. The summed E-state index contributed by atoms with van der Waals surface area (Å²) in [5, 5.41) is 13.8. The van der Waals surface area contributed by atoms with Crippen molar-refractivity contribution in [3.63, 3.8) is 0 Å². The summed E-state index contributed by atoms with van der Waals surface area (Å²) in [5.41, 5.74) is 1.47. The van der Waals surface area contributed by atoms with Crippen LogP contribution in [0.3, 0.4) is 0 Å². The van der Waals surface area contributed by atoms with Gasteiger partial charge in [-0.25, -0.2) is 4.79 Å². The zero-order chi connectivity index (χ0) is 13.9. The number of carboxylic acids is 1. The molecule has 4 aliphatic rings. The van der Waals surface area contributed by atoms with Gasteiger partial charge in [-0.05, 0) is 62.7 Å². The van der Waals surface area contributed by atoms with Crippen LogP contribution in [0.15, 0.2) is 6.20 Å². The van der Waals surface area contributed by atoms with Gasteiger partial charge in [-0.2, -0.15) is 5.10 Å². The summed E-state index contributed by atoms with van der Waals surface area (Å²) in [6.45, 7) is 2.82. The lowest BCUT2D eigenvalue weighted by molar-refractivity contribution is -0.00596. The third-order valence-electron chi connectivity index (χ3n) is 5.95. The van der Waals surface area contributed by atoms with Crippen LogP contribution in [0.1, 0.15) is 61.0 Å².